The minimum atomic E-state index is -4.18. The average Bonchev–Trinajstić information content (AvgIpc) is 3.13. The van der Waals surface area contributed by atoms with Crippen LogP contribution in [-0.2, 0) is 13.0 Å². The van der Waals surface area contributed by atoms with Crippen molar-refractivity contribution in [1.29, 1.82) is 0 Å². The summed E-state index contributed by atoms with van der Waals surface area (Å²) < 4.78 is 68.2. The van der Waals surface area contributed by atoms with E-state index in [1.807, 2.05) is 20.0 Å². The highest BCUT2D eigenvalue weighted by molar-refractivity contribution is 5.83. The number of hydrogen-bond donors (Lipinski definition) is 2. The fraction of sp³-hybridized carbons (Fsp3) is 0.364. The van der Waals surface area contributed by atoms with Crippen molar-refractivity contribution in [2.24, 2.45) is 0 Å². The van der Waals surface area contributed by atoms with Gasteiger partial charge in [0.1, 0.15) is 11.6 Å². The van der Waals surface area contributed by atoms with Crippen molar-refractivity contribution in [2.45, 2.75) is 39.2 Å². The van der Waals surface area contributed by atoms with Crippen LogP contribution in [0.5, 0.6) is 5.75 Å². The molecule has 1 aromatic heterocycles. The molecule has 0 aliphatic heterocycles. The van der Waals surface area contributed by atoms with Gasteiger partial charge in [-0.2, -0.15) is 8.78 Å². The van der Waals surface area contributed by atoms with Crippen LogP contribution in [0.1, 0.15) is 25.0 Å². The third-order valence-electron chi connectivity index (χ3n) is 4.28. The van der Waals surface area contributed by atoms with Crippen LogP contribution in [0, 0.1) is 5.82 Å². The second-order valence-electron chi connectivity index (χ2n) is 6.43. The Bertz CT molecular complexity index is 927. The molecular formula is C22H25F5N2O. The number of benzene rings is 2. The molecule has 0 aliphatic carbocycles. The Morgan fingerprint density at radius 3 is 2.60 bits per heavy atom. The Morgan fingerprint density at radius 2 is 1.87 bits per heavy atom. The van der Waals surface area contributed by atoms with Crippen LogP contribution >= 0.6 is 0 Å². The molecule has 164 valence electrons. The van der Waals surface area contributed by atoms with Crippen molar-refractivity contribution in [1.82, 2.24) is 10.3 Å². The number of nitrogens with one attached hydrogen (secondary N) is 2. The molecule has 0 amide bonds. The van der Waals surface area contributed by atoms with Crippen molar-refractivity contribution >= 4 is 10.9 Å². The zero-order valence-corrected chi connectivity index (χ0v) is 16.8. The highest BCUT2D eigenvalue weighted by Gasteiger charge is 2.41. The normalized spacial score (nSPS) is 11.5. The first-order chi connectivity index (χ1) is 14.3. The number of H-pyrrole nitrogens is 1. The molecule has 0 bridgehead atoms. The largest absolute Gasteiger partial charge is 0.487 e. The Balaban J connectivity index is 0.00000155. The number of aromatic nitrogens is 1. The summed E-state index contributed by atoms with van der Waals surface area (Å²) in [5, 5.41) is 4.18. The number of ether oxygens (including phenoxy) is 1. The van der Waals surface area contributed by atoms with E-state index >= 15 is 0 Å². The van der Waals surface area contributed by atoms with Gasteiger partial charge < -0.3 is 15.0 Å². The van der Waals surface area contributed by atoms with Crippen molar-refractivity contribution in [3.8, 4) is 5.75 Å². The molecule has 1 heterocycles. The molecule has 2 aromatic carbocycles. The third kappa shape index (κ3) is 6.45. The summed E-state index contributed by atoms with van der Waals surface area (Å²) >= 11 is 0. The van der Waals surface area contributed by atoms with Gasteiger partial charge in [-0.05, 0) is 54.4 Å². The highest BCUT2D eigenvalue weighted by Crippen LogP contribution is 2.24. The average molecular weight is 428 g/mol. The van der Waals surface area contributed by atoms with Crippen LogP contribution in [0.15, 0.2) is 48.7 Å². The third-order valence-corrected chi connectivity index (χ3v) is 4.28. The second kappa shape index (κ2) is 11.0. The van der Waals surface area contributed by atoms with E-state index in [-0.39, 0.29) is 11.6 Å². The minimum absolute atomic E-state index is 0.110. The topological polar surface area (TPSA) is 37.0 Å². The van der Waals surface area contributed by atoms with Crippen molar-refractivity contribution in [2.75, 3.05) is 13.2 Å². The van der Waals surface area contributed by atoms with Gasteiger partial charge in [0.2, 0.25) is 0 Å². The molecule has 0 unspecified atom stereocenters. The lowest BCUT2D eigenvalue weighted by molar-refractivity contribution is -0.148. The van der Waals surface area contributed by atoms with Crippen LogP contribution in [0.3, 0.4) is 0 Å². The fourth-order valence-corrected chi connectivity index (χ4v) is 2.81. The van der Waals surface area contributed by atoms with Gasteiger partial charge in [-0.15, -0.1) is 0 Å². The first kappa shape index (κ1) is 23.7. The molecule has 0 saturated carbocycles. The number of aromatic amines is 1. The molecular weight excluding hydrogens is 403 g/mol. The molecule has 30 heavy (non-hydrogen) atoms. The highest BCUT2D eigenvalue weighted by atomic mass is 19.3. The zero-order chi connectivity index (χ0) is 22.1. The quantitative estimate of drug-likeness (QED) is 0.327. The Labute approximate surface area is 172 Å². The van der Waals surface area contributed by atoms with Gasteiger partial charge in [0.15, 0.2) is 6.61 Å². The second-order valence-corrected chi connectivity index (χ2v) is 6.43. The summed E-state index contributed by atoms with van der Waals surface area (Å²) in [6.07, 6.45) is -1.22. The molecule has 3 nitrogen and oxygen atoms in total. The van der Waals surface area contributed by atoms with E-state index in [2.05, 4.69) is 10.3 Å². The van der Waals surface area contributed by atoms with Crippen molar-refractivity contribution in [3.63, 3.8) is 0 Å². The maximum absolute atomic E-state index is 13.2. The van der Waals surface area contributed by atoms with Crippen LogP contribution in [0.2, 0.25) is 0 Å². The molecule has 0 radical (unpaired) electrons. The summed E-state index contributed by atoms with van der Waals surface area (Å²) in [6, 6.07) is 10.9. The standard InChI is InChI=1S/C20H19F5N2O.C2H6/c21-15-4-5-17-14(11-27-18(17)9-15)6-7-26-10-13-2-1-3-16(8-13)28-12-20(24,25)19(22)23;1-2/h1-5,8-9,11,19,26-27H,6-7,10,12H2;1-2H3. The number of fused-ring (bicyclic) bond motifs is 1. The predicted molar refractivity (Wildman–Crippen MR) is 108 cm³/mol. The summed E-state index contributed by atoms with van der Waals surface area (Å²) in [5.74, 6) is -4.37. The molecule has 8 heteroatoms. The van der Waals surface area contributed by atoms with Crippen LogP contribution in [-0.4, -0.2) is 30.5 Å². The molecule has 3 rings (SSSR count). The van der Waals surface area contributed by atoms with Gasteiger partial charge in [0.25, 0.3) is 0 Å². The van der Waals surface area contributed by atoms with Crippen LogP contribution < -0.4 is 10.1 Å². The predicted octanol–water partition coefficient (Wildman–Crippen LogP) is 5.94. The van der Waals surface area contributed by atoms with Crippen LogP contribution in [0.4, 0.5) is 22.0 Å². The summed E-state index contributed by atoms with van der Waals surface area (Å²) in [4.78, 5) is 3.03. The lowest BCUT2D eigenvalue weighted by Crippen LogP contribution is -2.33. The number of halogens is 5. The molecule has 2 N–H and O–H groups in total. The first-order valence-corrected chi connectivity index (χ1v) is 9.69. The lowest BCUT2D eigenvalue weighted by Gasteiger charge is -2.16. The van der Waals surface area contributed by atoms with Gasteiger partial charge in [-0.25, -0.2) is 13.2 Å². The molecule has 0 spiro atoms. The summed E-state index contributed by atoms with van der Waals surface area (Å²) in [5.41, 5.74) is 2.56. The Hall–Kier alpha value is -2.61. The van der Waals surface area contributed by atoms with Gasteiger partial charge in [0, 0.05) is 23.6 Å². The smallest absolute Gasteiger partial charge is 0.340 e. The molecule has 0 atom stereocenters. The van der Waals surface area contributed by atoms with E-state index in [1.54, 1.807) is 18.2 Å². The van der Waals surface area contributed by atoms with Gasteiger partial charge >= 0.3 is 12.3 Å². The molecule has 0 aliphatic rings. The van der Waals surface area contributed by atoms with Gasteiger partial charge in [-0.1, -0.05) is 26.0 Å². The molecule has 0 saturated heterocycles. The van der Waals surface area contributed by atoms with Gasteiger partial charge in [-0.3, -0.25) is 0 Å². The number of rotatable bonds is 9. The van der Waals surface area contributed by atoms with E-state index in [0.29, 0.717) is 19.5 Å². The van der Waals surface area contributed by atoms with E-state index in [4.69, 9.17) is 4.74 Å². The molecule has 3 aromatic rings. The van der Waals surface area contributed by atoms with E-state index < -0.39 is 19.0 Å². The van der Waals surface area contributed by atoms with E-state index in [9.17, 15) is 22.0 Å². The SMILES string of the molecule is CC.Fc1ccc2c(CCNCc3cccc(OCC(F)(F)C(F)F)c3)c[nH]c2c1. The lowest BCUT2D eigenvalue weighted by atomic mass is 10.1. The maximum atomic E-state index is 13.2. The maximum Gasteiger partial charge on any atom is 0.340 e. The summed E-state index contributed by atoms with van der Waals surface area (Å²) in [6.45, 7) is 3.72. The Kier molecular flexibility index (Phi) is 8.65. The van der Waals surface area contributed by atoms with Gasteiger partial charge in [0.05, 0.1) is 0 Å². The first-order valence-electron chi connectivity index (χ1n) is 9.69. The van der Waals surface area contributed by atoms with Crippen molar-refractivity contribution < 1.29 is 26.7 Å². The summed E-state index contributed by atoms with van der Waals surface area (Å²) in [7, 11) is 0. The minimum Gasteiger partial charge on any atom is -0.487 e. The monoisotopic (exact) mass is 428 g/mol. The zero-order valence-electron chi connectivity index (χ0n) is 16.8. The van der Waals surface area contributed by atoms with E-state index in [0.717, 1.165) is 22.0 Å². The van der Waals surface area contributed by atoms with Crippen LogP contribution in [0.25, 0.3) is 10.9 Å². The Morgan fingerprint density at radius 1 is 1.10 bits per heavy atom. The number of alkyl halides is 4. The fourth-order valence-electron chi connectivity index (χ4n) is 2.81. The number of hydrogen-bond acceptors (Lipinski definition) is 2. The molecule has 0 fully saturated rings. The van der Waals surface area contributed by atoms with Crippen molar-refractivity contribution in [3.05, 3.63) is 65.6 Å². The van der Waals surface area contributed by atoms with E-state index in [1.165, 1.54) is 24.3 Å².